The molecular weight excluding hydrogens is 246 g/mol. The number of anilines is 2. The summed E-state index contributed by atoms with van der Waals surface area (Å²) in [5.74, 6) is 0. The van der Waals surface area contributed by atoms with Crippen molar-refractivity contribution < 1.29 is 0 Å². The van der Waals surface area contributed by atoms with Crippen LogP contribution in [0.15, 0.2) is 54.6 Å². The Kier molecular flexibility index (Phi) is 4.64. The highest BCUT2D eigenvalue weighted by Gasteiger charge is 2.15. The number of hydrogen-bond acceptors (Lipinski definition) is 3. The molecule has 1 atom stereocenters. The Hall–Kier alpha value is -2.00. The van der Waals surface area contributed by atoms with Gasteiger partial charge in [0.25, 0.3) is 0 Å². The van der Waals surface area contributed by atoms with Gasteiger partial charge in [0, 0.05) is 39.1 Å². The molecule has 0 aromatic heterocycles. The fourth-order valence-electron chi connectivity index (χ4n) is 2.36. The lowest BCUT2D eigenvalue weighted by atomic mass is 10.0. The zero-order valence-corrected chi connectivity index (χ0v) is 12.5. The van der Waals surface area contributed by atoms with Crippen LogP contribution in [-0.2, 0) is 0 Å². The average Bonchev–Trinajstić information content (AvgIpc) is 2.49. The van der Waals surface area contributed by atoms with Crippen LogP contribution >= 0.6 is 0 Å². The van der Waals surface area contributed by atoms with Crippen molar-refractivity contribution in [1.29, 1.82) is 0 Å². The van der Waals surface area contributed by atoms with Crippen LogP contribution in [0.2, 0.25) is 0 Å². The molecule has 2 N–H and O–H groups in total. The number of para-hydroxylation sites is 1. The lowest BCUT2D eigenvalue weighted by Crippen LogP contribution is -2.30. The molecule has 106 valence electrons. The molecule has 0 spiro atoms. The fraction of sp³-hybridized carbons (Fsp3) is 0.294. The molecule has 0 saturated heterocycles. The fourth-order valence-corrected chi connectivity index (χ4v) is 2.36. The van der Waals surface area contributed by atoms with E-state index in [1.54, 1.807) is 0 Å². The summed E-state index contributed by atoms with van der Waals surface area (Å²) < 4.78 is 0. The Morgan fingerprint density at radius 1 is 0.850 bits per heavy atom. The van der Waals surface area contributed by atoms with Gasteiger partial charge in [0.15, 0.2) is 0 Å². The van der Waals surface area contributed by atoms with Crippen LogP contribution in [-0.4, -0.2) is 27.7 Å². The first kappa shape index (κ1) is 14.4. The number of nitrogens with two attached hydrogens (primary N) is 1. The topological polar surface area (TPSA) is 32.5 Å². The minimum atomic E-state index is 0.189. The van der Waals surface area contributed by atoms with Gasteiger partial charge in [0.05, 0.1) is 6.04 Å². The van der Waals surface area contributed by atoms with E-state index in [4.69, 9.17) is 5.73 Å². The quantitative estimate of drug-likeness (QED) is 0.906. The van der Waals surface area contributed by atoms with Gasteiger partial charge in [0.1, 0.15) is 0 Å². The van der Waals surface area contributed by atoms with Gasteiger partial charge < -0.3 is 15.5 Å². The summed E-state index contributed by atoms with van der Waals surface area (Å²) in [6, 6.07) is 19.1. The van der Waals surface area contributed by atoms with Crippen molar-refractivity contribution in [2.75, 3.05) is 37.5 Å². The maximum Gasteiger partial charge on any atom is 0.0661 e. The van der Waals surface area contributed by atoms with Crippen molar-refractivity contribution in [3.8, 4) is 0 Å². The molecule has 3 heteroatoms. The number of likely N-dealkylation sites (N-methyl/N-ethyl adjacent to an activating group) is 1. The molecule has 3 nitrogen and oxygen atoms in total. The molecule has 2 aromatic carbocycles. The van der Waals surface area contributed by atoms with Gasteiger partial charge in [-0.25, -0.2) is 0 Å². The molecule has 0 heterocycles. The van der Waals surface area contributed by atoms with E-state index >= 15 is 0 Å². The highest BCUT2D eigenvalue weighted by Crippen LogP contribution is 2.26. The molecule has 0 fully saturated rings. The van der Waals surface area contributed by atoms with Gasteiger partial charge in [0.2, 0.25) is 0 Å². The first-order valence-electron chi connectivity index (χ1n) is 6.88. The number of hydrogen-bond donors (Lipinski definition) is 1. The first-order chi connectivity index (χ1) is 9.63. The minimum Gasteiger partial charge on any atom is -0.378 e. The molecule has 20 heavy (non-hydrogen) atoms. The van der Waals surface area contributed by atoms with Gasteiger partial charge >= 0.3 is 0 Å². The van der Waals surface area contributed by atoms with Crippen LogP contribution in [0.3, 0.4) is 0 Å². The predicted octanol–water partition coefficient (Wildman–Crippen LogP) is 2.89. The molecule has 0 radical (unpaired) electrons. The van der Waals surface area contributed by atoms with Crippen LogP contribution in [0.25, 0.3) is 0 Å². The van der Waals surface area contributed by atoms with Crippen molar-refractivity contribution in [2.24, 2.45) is 5.73 Å². The molecule has 0 amide bonds. The summed E-state index contributed by atoms with van der Waals surface area (Å²) in [5.41, 5.74) is 9.61. The van der Waals surface area contributed by atoms with Gasteiger partial charge in [-0.15, -0.1) is 0 Å². The Morgan fingerprint density at radius 3 is 1.95 bits per heavy atom. The molecule has 1 unspecified atom stereocenters. The minimum absolute atomic E-state index is 0.189. The molecule has 0 saturated carbocycles. The van der Waals surface area contributed by atoms with Gasteiger partial charge in [-0.1, -0.05) is 30.3 Å². The van der Waals surface area contributed by atoms with E-state index in [0.29, 0.717) is 6.54 Å². The smallest absolute Gasteiger partial charge is 0.0661 e. The molecule has 2 rings (SSSR count). The Bertz CT molecular complexity index is 520. The second-order valence-electron chi connectivity index (χ2n) is 5.18. The van der Waals surface area contributed by atoms with Crippen LogP contribution < -0.4 is 15.5 Å². The summed E-state index contributed by atoms with van der Waals surface area (Å²) in [6.45, 7) is 0.590. The van der Waals surface area contributed by atoms with E-state index in [1.807, 2.05) is 20.2 Å². The van der Waals surface area contributed by atoms with E-state index in [1.165, 1.54) is 16.9 Å². The summed E-state index contributed by atoms with van der Waals surface area (Å²) >= 11 is 0. The van der Waals surface area contributed by atoms with E-state index in [-0.39, 0.29) is 6.04 Å². The lowest BCUT2D eigenvalue weighted by molar-refractivity contribution is 0.681. The van der Waals surface area contributed by atoms with E-state index in [9.17, 15) is 0 Å². The highest BCUT2D eigenvalue weighted by molar-refractivity contribution is 5.51. The third-order valence-corrected chi connectivity index (χ3v) is 3.65. The molecule has 2 aromatic rings. The third-order valence-electron chi connectivity index (χ3n) is 3.65. The van der Waals surface area contributed by atoms with Gasteiger partial charge in [-0.05, 0) is 29.8 Å². The highest BCUT2D eigenvalue weighted by atomic mass is 15.1. The van der Waals surface area contributed by atoms with Crippen molar-refractivity contribution >= 4 is 11.4 Å². The molecule has 0 aliphatic rings. The Morgan fingerprint density at radius 2 is 1.45 bits per heavy atom. The van der Waals surface area contributed by atoms with Crippen molar-refractivity contribution in [1.82, 2.24) is 0 Å². The van der Waals surface area contributed by atoms with Crippen LogP contribution in [0.1, 0.15) is 11.6 Å². The monoisotopic (exact) mass is 269 g/mol. The maximum atomic E-state index is 5.99. The second-order valence-corrected chi connectivity index (χ2v) is 5.18. The third kappa shape index (κ3) is 3.11. The van der Waals surface area contributed by atoms with E-state index in [0.717, 1.165) is 0 Å². The van der Waals surface area contributed by atoms with Gasteiger partial charge in [-0.2, -0.15) is 0 Å². The SMILES string of the molecule is CN(C)c1ccc(C(CN)N(C)c2ccccc2)cc1. The van der Waals surface area contributed by atoms with Crippen molar-refractivity contribution in [3.63, 3.8) is 0 Å². The number of rotatable bonds is 5. The van der Waals surface area contributed by atoms with Crippen molar-refractivity contribution in [3.05, 3.63) is 60.2 Å². The number of nitrogens with zero attached hydrogens (tertiary/aromatic N) is 2. The Balaban J connectivity index is 2.23. The largest absolute Gasteiger partial charge is 0.378 e. The average molecular weight is 269 g/mol. The van der Waals surface area contributed by atoms with Gasteiger partial charge in [-0.3, -0.25) is 0 Å². The number of benzene rings is 2. The summed E-state index contributed by atoms with van der Waals surface area (Å²) in [7, 11) is 6.18. The zero-order chi connectivity index (χ0) is 14.5. The first-order valence-corrected chi connectivity index (χ1v) is 6.88. The van der Waals surface area contributed by atoms with Crippen LogP contribution in [0, 0.1) is 0 Å². The summed E-state index contributed by atoms with van der Waals surface area (Å²) in [4.78, 5) is 4.33. The summed E-state index contributed by atoms with van der Waals surface area (Å²) in [6.07, 6.45) is 0. The molecule has 0 bridgehead atoms. The maximum absolute atomic E-state index is 5.99. The normalized spacial score (nSPS) is 12.0. The predicted molar refractivity (Wildman–Crippen MR) is 87.4 cm³/mol. The second kappa shape index (κ2) is 6.44. The van der Waals surface area contributed by atoms with Crippen LogP contribution in [0.4, 0.5) is 11.4 Å². The Labute approximate surface area is 121 Å². The van der Waals surface area contributed by atoms with E-state index in [2.05, 4.69) is 65.4 Å². The molecule has 0 aliphatic heterocycles. The standard InChI is InChI=1S/C17H23N3/c1-19(2)15-11-9-14(10-12-15)17(13-18)20(3)16-7-5-4-6-8-16/h4-12,17H,13,18H2,1-3H3. The summed E-state index contributed by atoms with van der Waals surface area (Å²) in [5, 5.41) is 0. The van der Waals surface area contributed by atoms with Crippen LogP contribution in [0.5, 0.6) is 0 Å². The zero-order valence-electron chi connectivity index (χ0n) is 12.5. The van der Waals surface area contributed by atoms with Crippen molar-refractivity contribution in [2.45, 2.75) is 6.04 Å². The molecule has 0 aliphatic carbocycles. The lowest BCUT2D eigenvalue weighted by Gasteiger charge is -2.30. The van der Waals surface area contributed by atoms with E-state index < -0.39 is 0 Å². The molecular formula is C17H23N3.